The number of nitrogens with one attached hydrogen (secondary N) is 1. The van der Waals surface area contributed by atoms with Gasteiger partial charge in [0.1, 0.15) is 0 Å². The molecule has 21 heavy (non-hydrogen) atoms. The van der Waals surface area contributed by atoms with Gasteiger partial charge in [-0.15, -0.1) is 0 Å². The number of nitrogens with zero attached hydrogens (tertiary/aromatic N) is 2. The lowest BCUT2D eigenvalue weighted by molar-refractivity contribution is -0.136. The zero-order valence-corrected chi connectivity index (χ0v) is 12.4. The Kier molecular flexibility index (Phi) is 3.99. The van der Waals surface area contributed by atoms with Crippen LogP contribution < -0.4 is 4.72 Å². The van der Waals surface area contributed by atoms with Gasteiger partial charge in [0.05, 0.1) is 22.7 Å². The molecule has 0 atom stereocenters. The van der Waals surface area contributed by atoms with Gasteiger partial charge in [-0.25, -0.2) is 8.42 Å². The van der Waals surface area contributed by atoms with Crippen molar-refractivity contribution in [3.05, 3.63) is 41.7 Å². The van der Waals surface area contributed by atoms with Crippen LogP contribution in [0.25, 0.3) is 0 Å². The minimum Gasteiger partial charge on any atom is -0.481 e. The Hall–Kier alpha value is -2.35. The summed E-state index contributed by atoms with van der Waals surface area (Å²) in [5.41, 5.74) is 1.52. The molecule has 8 heteroatoms. The van der Waals surface area contributed by atoms with E-state index in [2.05, 4.69) is 9.82 Å². The number of carboxylic acid groups (broad SMARTS) is 1. The van der Waals surface area contributed by atoms with Gasteiger partial charge in [-0.3, -0.25) is 14.2 Å². The summed E-state index contributed by atoms with van der Waals surface area (Å²) in [4.78, 5) is 10.7. The van der Waals surface area contributed by atoms with Crippen molar-refractivity contribution in [1.82, 2.24) is 9.78 Å². The second-order valence-electron chi connectivity index (χ2n) is 4.62. The van der Waals surface area contributed by atoms with Crippen molar-refractivity contribution in [2.75, 3.05) is 4.72 Å². The molecule has 0 spiro atoms. The molecule has 112 valence electrons. The Bertz CT molecular complexity index is 763. The fourth-order valence-corrected chi connectivity index (χ4v) is 2.97. The van der Waals surface area contributed by atoms with Gasteiger partial charge >= 0.3 is 5.97 Å². The molecule has 0 fully saturated rings. The topological polar surface area (TPSA) is 101 Å². The van der Waals surface area contributed by atoms with Crippen molar-refractivity contribution in [3.8, 4) is 0 Å². The van der Waals surface area contributed by atoms with Crippen molar-refractivity contribution >= 4 is 21.7 Å². The SMILES string of the molecule is Cc1nn(C)cc1NS(=O)(=O)c1ccc(CC(=O)O)cc1. The summed E-state index contributed by atoms with van der Waals surface area (Å²) in [5, 5.41) is 12.7. The minimum atomic E-state index is -3.72. The lowest BCUT2D eigenvalue weighted by atomic mass is 10.2. The number of rotatable bonds is 5. The van der Waals surface area contributed by atoms with Gasteiger partial charge in [0.2, 0.25) is 0 Å². The highest BCUT2D eigenvalue weighted by Gasteiger charge is 2.16. The van der Waals surface area contributed by atoms with Crippen molar-refractivity contribution in [3.63, 3.8) is 0 Å². The molecule has 0 saturated heterocycles. The first-order valence-corrected chi connectivity index (χ1v) is 7.60. The summed E-state index contributed by atoms with van der Waals surface area (Å²) in [6.45, 7) is 1.70. The van der Waals surface area contributed by atoms with Crippen molar-refractivity contribution < 1.29 is 18.3 Å². The number of benzene rings is 1. The van der Waals surface area contributed by atoms with E-state index in [1.165, 1.54) is 28.9 Å². The van der Waals surface area contributed by atoms with E-state index in [0.29, 0.717) is 16.9 Å². The van der Waals surface area contributed by atoms with E-state index >= 15 is 0 Å². The molecule has 2 N–H and O–H groups in total. The third-order valence-corrected chi connectivity index (χ3v) is 4.23. The predicted octanol–water partition coefficient (Wildman–Crippen LogP) is 1.16. The smallest absolute Gasteiger partial charge is 0.307 e. The average molecular weight is 309 g/mol. The molecular weight excluding hydrogens is 294 g/mol. The molecule has 1 heterocycles. The zero-order valence-electron chi connectivity index (χ0n) is 11.6. The average Bonchev–Trinajstić information content (AvgIpc) is 2.67. The molecule has 1 aromatic heterocycles. The fraction of sp³-hybridized carbons (Fsp3) is 0.231. The summed E-state index contributed by atoms with van der Waals surface area (Å²) in [7, 11) is -2.02. The van der Waals surface area contributed by atoms with Gasteiger partial charge < -0.3 is 5.11 Å². The number of anilines is 1. The third kappa shape index (κ3) is 3.60. The number of hydrogen-bond donors (Lipinski definition) is 2. The molecule has 0 unspecified atom stereocenters. The van der Waals surface area contributed by atoms with Crippen molar-refractivity contribution in [2.24, 2.45) is 7.05 Å². The summed E-state index contributed by atoms with van der Waals surface area (Å²) >= 11 is 0. The van der Waals surface area contributed by atoms with Crippen LogP contribution in [0, 0.1) is 6.92 Å². The first-order chi connectivity index (χ1) is 9.78. The van der Waals surface area contributed by atoms with Gasteiger partial charge in [0.15, 0.2) is 0 Å². The van der Waals surface area contributed by atoms with E-state index < -0.39 is 16.0 Å². The fourth-order valence-electron chi connectivity index (χ4n) is 1.86. The van der Waals surface area contributed by atoms with Gasteiger partial charge in [-0.1, -0.05) is 12.1 Å². The summed E-state index contributed by atoms with van der Waals surface area (Å²) < 4.78 is 28.4. The molecule has 2 aromatic rings. The van der Waals surface area contributed by atoms with Gasteiger partial charge in [0.25, 0.3) is 10.0 Å². The van der Waals surface area contributed by atoms with Gasteiger partial charge in [0, 0.05) is 13.2 Å². The lowest BCUT2D eigenvalue weighted by Gasteiger charge is -2.07. The Morgan fingerprint density at radius 2 is 1.95 bits per heavy atom. The van der Waals surface area contributed by atoms with Crippen LogP contribution in [0.2, 0.25) is 0 Å². The molecule has 7 nitrogen and oxygen atoms in total. The van der Waals surface area contributed by atoms with E-state index in [1.54, 1.807) is 20.2 Å². The molecule has 0 radical (unpaired) electrons. The highest BCUT2D eigenvalue weighted by atomic mass is 32.2. The van der Waals surface area contributed by atoms with Crippen LogP contribution in [0.15, 0.2) is 35.4 Å². The van der Waals surface area contributed by atoms with Crippen LogP contribution in [-0.2, 0) is 28.3 Å². The molecular formula is C13H15N3O4S. The van der Waals surface area contributed by atoms with Crippen LogP contribution in [0.4, 0.5) is 5.69 Å². The number of hydrogen-bond acceptors (Lipinski definition) is 4. The van der Waals surface area contributed by atoms with Crippen LogP contribution in [0.3, 0.4) is 0 Å². The molecule has 0 saturated carbocycles. The van der Waals surface area contributed by atoms with E-state index in [9.17, 15) is 13.2 Å². The molecule has 0 aliphatic carbocycles. The summed E-state index contributed by atoms with van der Waals surface area (Å²) in [5.74, 6) is -0.963. The number of sulfonamides is 1. The molecule has 2 rings (SSSR count). The van der Waals surface area contributed by atoms with Crippen LogP contribution in [0.1, 0.15) is 11.3 Å². The Morgan fingerprint density at radius 3 is 2.43 bits per heavy atom. The Balaban J connectivity index is 2.23. The minimum absolute atomic E-state index is 0.0693. The van der Waals surface area contributed by atoms with Crippen LogP contribution in [-0.4, -0.2) is 29.3 Å². The highest BCUT2D eigenvalue weighted by Crippen LogP contribution is 2.18. The number of aliphatic carboxylic acids is 1. The monoisotopic (exact) mass is 309 g/mol. The molecule has 0 amide bonds. The molecule has 0 bridgehead atoms. The highest BCUT2D eigenvalue weighted by molar-refractivity contribution is 7.92. The Labute approximate surface area is 122 Å². The van der Waals surface area contributed by atoms with Crippen LogP contribution >= 0.6 is 0 Å². The van der Waals surface area contributed by atoms with E-state index in [0.717, 1.165) is 0 Å². The summed E-state index contributed by atoms with van der Waals surface area (Å²) in [6.07, 6.45) is 1.43. The first-order valence-electron chi connectivity index (χ1n) is 6.12. The maximum atomic E-state index is 12.2. The van der Waals surface area contributed by atoms with E-state index in [1.807, 2.05) is 0 Å². The van der Waals surface area contributed by atoms with E-state index in [-0.39, 0.29) is 11.3 Å². The van der Waals surface area contributed by atoms with Crippen molar-refractivity contribution in [2.45, 2.75) is 18.2 Å². The Morgan fingerprint density at radius 1 is 1.33 bits per heavy atom. The number of carboxylic acids is 1. The van der Waals surface area contributed by atoms with Gasteiger partial charge in [-0.2, -0.15) is 5.10 Å². The standard InChI is InChI=1S/C13H15N3O4S/c1-9-12(8-16(2)14-9)15-21(19,20)11-5-3-10(4-6-11)7-13(17)18/h3-6,8,15H,7H2,1-2H3,(H,17,18). The maximum absolute atomic E-state index is 12.2. The number of carbonyl (C=O) groups is 1. The second kappa shape index (κ2) is 5.57. The van der Waals surface area contributed by atoms with E-state index in [4.69, 9.17) is 5.11 Å². The quantitative estimate of drug-likeness (QED) is 0.863. The maximum Gasteiger partial charge on any atom is 0.307 e. The first kappa shape index (κ1) is 15.0. The molecule has 0 aliphatic heterocycles. The predicted molar refractivity (Wildman–Crippen MR) is 76.5 cm³/mol. The zero-order chi connectivity index (χ0) is 15.6. The van der Waals surface area contributed by atoms with Gasteiger partial charge in [-0.05, 0) is 24.6 Å². The molecule has 0 aliphatic rings. The second-order valence-corrected chi connectivity index (χ2v) is 6.30. The molecule has 1 aromatic carbocycles. The van der Waals surface area contributed by atoms with Crippen molar-refractivity contribution in [1.29, 1.82) is 0 Å². The lowest BCUT2D eigenvalue weighted by Crippen LogP contribution is -2.13. The number of aryl methyl sites for hydroxylation is 2. The normalized spacial score (nSPS) is 11.3. The summed E-state index contributed by atoms with van der Waals surface area (Å²) in [6, 6.07) is 5.73. The third-order valence-electron chi connectivity index (χ3n) is 2.85. The largest absolute Gasteiger partial charge is 0.481 e. The van der Waals surface area contributed by atoms with Crippen LogP contribution in [0.5, 0.6) is 0 Å². The number of aromatic nitrogens is 2.